The summed E-state index contributed by atoms with van der Waals surface area (Å²) in [4.78, 5) is 30.2. The molecule has 1 aromatic rings. The Bertz CT molecular complexity index is 659. The topological polar surface area (TPSA) is 76.5 Å². The Morgan fingerprint density at radius 3 is 2.72 bits per heavy atom. The van der Waals surface area contributed by atoms with Gasteiger partial charge in [-0.2, -0.15) is 4.98 Å². The van der Waals surface area contributed by atoms with Crippen LogP contribution in [0.1, 0.15) is 37.1 Å². The van der Waals surface area contributed by atoms with Gasteiger partial charge >= 0.3 is 5.69 Å². The number of aryl methyl sites for hydroxylation is 2. The van der Waals surface area contributed by atoms with Crippen LogP contribution in [-0.4, -0.2) is 58.7 Å². The number of hydrogen-bond donors (Lipinski definition) is 1. The zero-order chi connectivity index (χ0) is 17.8. The zero-order valence-corrected chi connectivity index (χ0v) is 15.2. The zero-order valence-electron chi connectivity index (χ0n) is 15.2. The van der Waals surface area contributed by atoms with Crippen LogP contribution in [0.25, 0.3) is 0 Å². The molecule has 2 aliphatic heterocycles. The first-order chi connectivity index (χ1) is 12.0. The molecule has 3 rings (SSSR count). The average molecular weight is 348 g/mol. The fraction of sp³-hybridized carbons (Fsp3) is 0.722. The third kappa shape index (κ3) is 4.46. The number of aromatic nitrogens is 2. The first-order valence-electron chi connectivity index (χ1n) is 9.23. The summed E-state index contributed by atoms with van der Waals surface area (Å²) in [6.07, 6.45) is 3.52. The number of nitrogens with zero attached hydrogens (tertiary/aromatic N) is 3. The third-order valence-corrected chi connectivity index (χ3v) is 5.13. The molecule has 0 aliphatic carbocycles. The van der Waals surface area contributed by atoms with Crippen molar-refractivity contribution in [1.29, 1.82) is 0 Å². The maximum absolute atomic E-state index is 12.3. The predicted octanol–water partition coefficient (Wildman–Crippen LogP) is 0.620. The molecule has 0 radical (unpaired) electrons. The third-order valence-electron chi connectivity index (χ3n) is 5.13. The summed E-state index contributed by atoms with van der Waals surface area (Å²) in [5, 5.41) is 3.51. The number of rotatable bonds is 5. The van der Waals surface area contributed by atoms with Crippen LogP contribution in [0.2, 0.25) is 0 Å². The minimum absolute atomic E-state index is 0.156. The van der Waals surface area contributed by atoms with Crippen molar-refractivity contribution >= 4 is 5.91 Å². The van der Waals surface area contributed by atoms with Crippen molar-refractivity contribution in [3.63, 3.8) is 0 Å². The van der Waals surface area contributed by atoms with E-state index in [-0.39, 0.29) is 17.7 Å². The molecule has 0 bridgehead atoms. The minimum atomic E-state index is -0.214. The molecule has 2 fully saturated rings. The molecule has 7 nitrogen and oxygen atoms in total. The molecule has 7 heteroatoms. The predicted molar refractivity (Wildman–Crippen MR) is 94.5 cm³/mol. The van der Waals surface area contributed by atoms with E-state index < -0.39 is 0 Å². The molecule has 0 saturated carbocycles. The summed E-state index contributed by atoms with van der Waals surface area (Å²) < 4.78 is 7.20. The first-order valence-corrected chi connectivity index (χ1v) is 9.23. The molecular formula is C18H28N4O3. The van der Waals surface area contributed by atoms with E-state index in [1.807, 2.05) is 24.8 Å². The highest BCUT2D eigenvalue weighted by Crippen LogP contribution is 2.18. The Labute approximate surface area is 148 Å². The van der Waals surface area contributed by atoms with E-state index >= 15 is 0 Å². The maximum Gasteiger partial charge on any atom is 0.347 e. The summed E-state index contributed by atoms with van der Waals surface area (Å²) in [5.41, 5.74) is 1.52. The SMILES string of the molecule is Cc1cc(C)n(CCNC2CCN(C(=O)C3CCCO3)CC2)c(=O)n1. The summed E-state index contributed by atoms with van der Waals surface area (Å²) in [6.45, 7) is 7.39. The molecule has 25 heavy (non-hydrogen) atoms. The number of piperidine rings is 1. The highest BCUT2D eigenvalue weighted by Gasteiger charge is 2.30. The molecule has 0 spiro atoms. The van der Waals surface area contributed by atoms with Gasteiger partial charge in [0.1, 0.15) is 6.10 Å². The smallest absolute Gasteiger partial charge is 0.347 e. The number of amides is 1. The second-order valence-electron chi connectivity index (χ2n) is 7.03. The van der Waals surface area contributed by atoms with Crippen molar-refractivity contribution in [2.75, 3.05) is 26.2 Å². The van der Waals surface area contributed by atoms with Crippen molar-refractivity contribution in [2.45, 2.75) is 58.2 Å². The highest BCUT2D eigenvalue weighted by molar-refractivity contribution is 5.81. The number of carbonyl (C=O) groups excluding carboxylic acids is 1. The molecule has 2 saturated heterocycles. The molecule has 1 aromatic heterocycles. The number of hydrogen-bond acceptors (Lipinski definition) is 5. The standard InChI is InChI=1S/C18H28N4O3/c1-13-12-14(2)22(18(24)20-13)10-7-19-15-5-8-21(9-6-15)17(23)16-4-3-11-25-16/h12,15-16,19H,3-11H2,1-2H3. The van der Waals surface area contributed by atoms with Gasteiger partial charge in [0.25, 0.3) is 5.91 Å². The largest absolute Gasteiger partial charge is 0.368 e. The van der Waals surface area contributed by atoms with Gasteiger partial charge in [-0.1, -0.05) is 0 Å². The van der Waals surface area contributed by atoms with Crippen LogP contribution in [0, 0.1) is 13.8 Å². The van der Waals surface area contributed by atoms with Crippen LogP contribution < -0.4 is 11.0 Å². The van der Waals surface area contributed by atoms with Gasteiger partial charge in [-0.3, -0.25) is 9.36 Å². The van der Waals surface area contributed by atoms with Crippen molar-refractivity contribution in [2.24, 2.45) is 0 Å². The van der Waals surface area contributed by atoms with Crippen LogP contribution >= 0.6 is 0 Å². The summed E-state index contributed by atoms with van der Waals surface area (Å²) in [5.74, 6) is 0.156. The normalized spacial score (nSPS) is 21.7. The van der Waals surface area contributed by atoms with E-state index in [1.165, 1.54) is 0 Å². The summed E-state index contributed by atoms with van der Waals surface area (Å²) >= 11 is 0. The molecular weight excluding hydrogens is 320 g/mol. The Kier molecular flexibility index (Phi) is 5.86. The van der Waals surface area contributed by atoms with Gasteiger partial charge in [0.2, 0.25) is 0 Å². The lowest BCUT2D eigenvalue weighted by molar-refractivity contribution is -0.142. The average Bonchev–Trinajstić information content (AvgIpc) is 3.11. The Hall–Kier alpha value is -1.73. The van der Waals surface area contributed by atoms with Crippen LogP contribution in [0.15, 0.2) is 10.9 Å². The van der Waals surface area contributed by atoms with E-state index in [0.29, 0.717) is 19.2 Å². The van der Waals surface area contributed by atoms with E-state index in [0.717, 1.165) is 56.7 Å². The van der Waals surface area contributed by atoms with Crippen LogP contribution in [0.3, 0.4) is 0 Å². The van der Waals surface area contributed by atoms with Gasteiger partial charge in [0.05, 0.1) is 0 Å². The minimum Gasteiger partial charge on any atom is -0.368 e. The molecule has 1 unspecified atom stereocenters. The monoisotopic (exact) mass is 348 g/mol. The van der Waals surface area contributed by atoms with E-state index in [1.54, 1.807) is 4.57 Å². The van der Waals surface area contributed by atoms with Crippen molar-refractivity contribution in [3.05, 3.63) is 27.9 Å². The molecule has 138 valence electrons. The van der Waals surface area contributed by atoms with Crippen LogP contribution in [-0.2, 0) is 16.1 Å². The molecule has 1 N–H and O–H groups in total. The Morgan fingerprint density at radius 2 is 2.08 bits per heavy atom. The number of likely N-dealkylation sites (tertiary alicyclic amines) is 1. The number of nitrogens with one attached hydrogen (secondary N) is 1. The van der Waals surface area contributed by atoms with Crippen molar-refractivity contribution < 1.29 is 9.53 Å². The first kappa shape index (κ1) is 18.1. The second-order valence-corrected chi connectivity index (χ2v) is 7.03. The molecule has 0 aromatic carbocycles. The van der Waals surface area contributed by atoms with Crippen LogP contribution in [0.4, 0.5) is 0 Å². The Balaban J connectivity index is 1.42. The lowest BCUT2D eigenvalue weighted by Gasteiger charge is -2.33. The second kappa shape index (κ2) is 8.10. The van der Waals surface area contributed by atoms with Crippen molar-refractivity contribution in [1.82, 2.24) is 19.8 Å². The molecule has 3 heterocycles. The maximum atomic E-state index is 12.3. The van der Waals surface area contributed by atoms with Gasteiger partial charge in [0, 0.05) is 50.2 Å². The van der Waals surface area contributed by atoms with Gasteiger partial charge in [-0.25, -0.2) is 4.79 Å². The van der Waals surface area contributed by atoms with Gasteiger partial charge < -0.3 is 15.0 Å². The van der Waals surface area contributed by atoms with Gasteiger partial charge in [-0.05, 0) is 45.6 Å². The molecule has 2 aliphatic rings. The lowest BCUT2D eigenvalue weighted by atomic mass is 10.0. The van der Waals surface area contributed by atoms with E-state index in [4.69, 9.17) is 4.74 Å². The van der Waals surface area contributed by atoms with Crippen molar-refractivity contribution in [3.8, 4) is 0 Å². The van der Waals surface area contributed by atoms with Gasteiger partial charge in [0.15, 0.2) is 0 Å². The van der Waals surface area contributed by atoms with Gasteiger partial charge in [-0.15, -0.1) is 0 Å². The fourth-order valence-corrected chi connectivity index (χ4v) is 3.71. The van der Waals surface area contributed by atoms with E-state index in [9.17, 15) is 9.59 Å². The summed E-state index contributed by atoms with van der Waals surface area (Å²) in [6, 6.07) is 2.32. The Morgan fingerprint density at radius 1 is 1.32 bits per heavy atom. The fourth-order valence-electron chi connectivity index (χ4n) is 3.71. The number of carbonyl (C=O) groups is 1. The molecule has 1 amide bonds. The quantitative estimate of drug-likeness (QED) is 0.844. The van der Waals surface area contributed by atoms with E-state index in [2.05, 4.69) is 10.3 Å². The van der Waals surface area contributed by atoms with Crippen LogP contribution in [0.5, 0.6) is 0 Å². The highest BCUT2D eigenvalue weighted by atomic mass is 16.5. The summed E-state index contributed by atoms with van der Waals surface area (Å²) in [7, 11) is 0. The lowest BCUT2D eigenvalue weighted by Crippen LogP contribution is -2.48. The number of ether oxygens (including phenoxy) is 1. The molecule has 1 atom stereocenters.